The quantitative estimate of drug-likeness (QED) is 0.512. The van der Waals surface area contributed by atoms with Gasteiger partial charge < -0.3 is 26.2 Å². The van der Waals surface area contributed by atoms with Crippen molar-refractivity contribution >= 4 is 29.6 Å². The highest BCUT2D eigenvalue weighted by molar-refractivity contribution is 6.34. The molecule has 0 aromatic heterocycles. The SMILES string of the molecule is C=CCOC(=O)NC[C@H](NC(=O)c1ccc(CN)cc1Cl)C(=O)O. The normalized spacial score (nSPS) is 11.2. The Morgan fingerprint density at radius 1 is 1.42 bits per heavy atom. The third kappa shape index (κ3) is 5.90. The van der Waals surface area contributed by atoms with Crippen LogP contribution in [0.15, 0.2) is 30.9 Å². The maximum absolute atomic E-state index is 12.1. The van der Waals surface area contributed by atoms with E-state index in [1.54, 1.807) is 6.07 Å². The summed E-state index contributed by atoms with van der Waals surface area (Å²) in [5, 5.41) is 13.8. The van der Waals surface area contributed by atoms with E-state index in [0.29, 0.717) is 0 Å². The summed E-state index contributed by atoms with van der Waals surface area (Å²) in [6.45, 7) is 3.27. The molecule has 24 heavy (non-hydrogen) atoms. The monoisotopic (exact) mass is 355 g/mol. The van der Waals surface area contributed by atoms with Gasteiger partial charge in [-0.3, -0.25) is 4.79 Å². The largest absolute Gasteiger partial charge is 0.480 e. The molecular formula is C15H18ClN3O5. The molecule has 0 saturated heterocycles. The number of nitrogens with one attached hydrogen (secondary N) is 2. The van der Waals surface area contributed by atoms with E-state index in [1.807, 2.05) is 0 Å². The number of amides is 2. The zero-order valence-corrected chi connectivity index (χ0v) is 13.5. The second-order valence-electron chi connectivity index (χ2n) is 4.65. The number of carbonyl (C=O) groups is 3. The van der Waals surface area contributed by atoms with Crippen LogP contribution in [-0.4, -0.2) is 42.3 Å². The maximum Gasteiger partial charge on any atom is 0.407 e. The number of rotatable bonds is 8. The highest BCUT2D eigenvalue weighted by Gasteiger charge is 2.22. The number of benzene rings is 1. The molecule has 0 bridgehead atoms. The van der Waals surface area contributed by atoms with Gasteiger partial charge in [0.05, 0.1) is 17.1 Å². The first-order chi connectivity index (χ1) is 11.4. The number of nitrogens with two attached hydrogens (primary N) is 1. The summed E-state index contributed by atoms with van der Waals surface area (Å²) in [6, 6.07) is 3.24. The molecule has 1 rings (SSSR count). The van der Waals surface area contributed by atoms with Gasteiger partial charge in [0, 0.05) is 6.54 Å². The molecule has 0 aliphatic rings. The van der Waals surface area contributed by atoms with E-state index in [2.05, 4.69) is 21.9 Å². The fourth-order valence-corrected chi connectivity index (χ4v) is 1.97. The summed E-state index contributed by atoms with van der Waals surface area (Å²) in [6.07, 6.45) is 0.545. The van der Waals surface area contributed by atoms with Gasteiger partial charge in [0.2, 0.25) is 0 Å². The molecule has 0 radical (unpaired) electrons. The van der Waals surface area contributed by atoms with Gasteiger partial charge in [-0.1, -0.05) is 30.3 Å². The number of carboxylic acid groups (broad SMARTS) is 1. The molecular weight excluding hydrogens is 338 g/mol. The van der Waals surface area contributed by atoms with E-state index in [4.69, 9.17) is 22.4 Å². The summed E-state index contributed by atoms with van der Waals surface area (Å²) in [7, 11) is 0. The van der Waals surface area contributed by atoms with Crippen molar-refractivity contribution in [3.05, 3.63) is 47.0 Å². The Morgan fingerprint density at radius 3 is 2.67 bits per heavy atom. The Bertz CT molecular complexity index is 636. The number of carboxylic acids is 1. The van der Waals surface area contributed by atoms with Crippen LogP contribution in [0, 0.1) is 0 Å². The van der Waals surface area contributed by atoms with Crippen LogP contribution >= 0.6 is 11.6 Å². The van der Waals surface area contributed by atoms with Crippen LogP contribution in [0.1, 0.15) is 15.9 Å². The molecule has 0 heterocycles. The summed E-state index contributed by atoms with van der Waals surface area (Å²) < 4.78 is 4.65. The highest BCUT2D eigenvalue weighted by atomic mass is 35.5. The van der Waals surface area contributed by atoms with Crippen LogP contribution in [-0.2, 0) is 16.1 Å². The van der Waals surface area contributed by atoms with Gasteiger partial charge in [0.1, 0.15) is 12.6 Å². The zero-order valence-electron chi connectivity index (χ0n) is 12.8. The average Bonchev–Trinajstić information content (AvgIpc) is 2.55. The number of hydrogen-bond acceptors (Lipinski definition) is 5. The summed E-state index contributed by atoms with van der Waals surface area (Å²) in [5.74, 6) is -2.00. The molecule has 0 fully saturated rings. The van der Waals surface area contributed by atoms with Gasteiger partial charge in [-0.15, -0.1) is 0 Å². The zero-order chi connectivity index (χ0) is 18.1. The fraction of sp³-hybridized carbons (Fsp3) is 0.267. The first kappa shape index (κ1) is 19.5. The molecule has 0 aliphatic heterocycles. The van der Waals surface area contributed by atoms with Crippen molar-refractivity contribution in [2.24, 2.45) is 5.73 Å². The van der Waals surface area contributed by atoms with E-state index < -0.39 is 24.0 Å². The van der Waals surface area contributed by atoms with E-state index in [-0.39, 0.29) is 30.3 Å². The standard InChI is InChI=1S/C15H18ClN3O5/c1-2-5-24-15(23)18-8-12(14(21)22)19-13(20)10-4-3-9(7-17)6-11(10)16/h2-4,6,12H,1,5,7-8,17H2,(H,18,23)(H,19,20)(H,21,22)/t12-/m0/s1. The van der Waals surface area contributed by atoms with Crippen LogP contribution in [0.2, 0.25) is 5.02 Å². The molecule has 0 aliphatic carbocycles. The van der Waals surface area contributed by atoms with Crippen molar-refractivity contribution in [2.75, 3.05) is 13.2 Å². The number of carbonyl (C=O) groups excluding carboxylic acids is 2. The van der Waals surface area contributed by atoms with Crippen LogP contribution in [0.25, 0.3) is 0 Å². The third-order valence-electron chi connectivity index (χ3n) is 2.90. The molecule has 1 atom stereocenters. The Balaban J connectivity index is 2.71. The van der Waals surface area contributed by atoms with E-state index in [0.717, 1.165) is 5.56 Å². The summed E-state index contributed by atoms with van der Waals surface area (Å²) in [4.78, 5) is 34.6. The van der Waals surface area contributed by atoms with Gasteiger partial charge in [-0.05, 0) is 17.7 Å². The third-order valence-corrected chi connectivity index (χ3v) is 3.21. The summed E-state index contributed by atoms with van der Waals surface area (Å²) >= 11 is 5.99. The van der Waals surface area contributed by atoms with Gasteiger partial charge in [-0.25, -0.2) is 9.59 Å². The second-order valence-corrected chi connectivity index (χ2v) is 5.06. The van der Waals surface area contributed by atoms with Gasteiger partial charge >= 0.3 is 12.1 Å². The predicted octanol–water partition coefficient (Wildman–Crippen LogP) is 0.894. The van der Waals surface area contributed by atoms with Crippen molar-refractivity contribution < 1.29 is 24.2 Å². The topological polar surface area (TPSA) is 131 Å². The number of halogens is 1. The Kier molecular flexibility index (Phi) is 7.73. The maximum atomic E-state index is 12.1. The second kappa shape index (κ2) is 9.53. The van der Waals surface area contributed by atoms with Crippen molar-refractivity contribution in [2.45, 2.75) is 12.6 Å². The van der Waals surface area contributed by atoms with Crippen LogP contribution in [0.4, 0.5) is 4.79 Å². The molecule has 2 amide bonds. The molecule has 1 aromatic carbocycles. The van der Waals surface area contributed by atoms with Crippen LogP contribution < -0.4 is 16.4 Å². The molecule has 5 N–H and O–H groups in total. The smallest absolute Gasteiger partial charge is 0.407 e. The van der Waals surface area contributed by atoms with E-state index in [1.165, 1.54) is 18.2 Å². The Morgan fingerprint density at radius 2 is 2.12 bits per heavy atom. The van der Waals surface area contributed by atoms with Crippen molar-refractivity contribution in [3.8, 4) is 0 Å². The lowest BCUT2D eigenvalue weighted by atomic mass is 10.1. The Labute approximate surface area is 143 Å². The van der Waals surface area contributed by atoms with Crippen molar-refractivity contribution in [1.82, 2.24) is 10.6 Å². The van der Waals surface area contributed by atoms with Crippen molar-refractivity contribution in [3.63, 3.8) is 0 Å². The fourth-order valence-electron chi connectivity index (χ4n) is 1.68. The van der Waals surface area contributed by atoms with Gasteiger partial charge in [0.15, 0.2) is 0 Å². The first-order valence-corrected chi connectivity index (χ1v) is 7.30. The minimum atomic E-state index is -1.35. The number of alkyl carbamates (subject to hydrolysis) is 1. The molecule has 9 heteroatoms. The minimum Gasteiger partial charge on any atom is -0.480 e. The number of ether oxygens (including phenoxy) is 1. The first-order valence-electron chi connectivity index (χ1n) is 6.92. The molecule has 130 valence electrons. The van der Waals surface area contributed by atoms with Gasteiger partial charge in [0.25, 0.3) is 5.91 Å². The average molecular weight is 356 g/mol. The van der Waals surface area contributed by atoms with E-state index in [9.17, 15) is 14.4 Å². The van der Waals surface area contributed by atoms with Crippen molar-refractivity contribution in [1.29, 1.82) is 0 Å². The lowest BCUT2D eigenvalue weighted by Gasteiger charge is -2.16. The van der Waals surface area contributed by atoms with Crippen LogP contribution in [0.3, 0.4) is 0 Å². The highest BCUT2D eigenvalue weighted by Crippen LogP contribution is 2.17. The van der Waals surface area contributed by atoms with Crippen LogP contribution in [0.5, 0.6) is 0 Å². The lowest BCUT2D eigenvalue weighted by molar-refractivity contribution is -0.139. The molecule has 8 nitrogen and oxygen atoms in total. The predicted molar refractivity (Wildman–Crippen MR) is 87.8 cm³/mol. The minimum absolute atomic E-state index is 0.0149. The van der Waals surface area contributed by atoms with Gasteiger partial charge in [-0.2, -0.15) is 0 Å². The number of aliphatic carboxylic acids is 1. The molecule has 1 aromatic rings. The number of hydrogen-bond donors (Lipinski definition) is 4. The molecule has 0 unspecified atom stereocenters. The molecule has 0 saturated carbocycles. The lowest BCUT2D eigenvalue weighted by Crippen LogP contribution is -2.48. The summed E-state index contributed by atoms with van der Waals surface area (Å²) in [5.41, 5.74) is 6.31. The van der Waals surface area contributed by atoms with E-state index >= 15 is 0 Å². The molecule has 0 spiro atoms. The Hall–Kier alpha value is -2.58.